The summed E-state index contributed by atoms with van der Waals surface area (Å²) in [5.41, 5.74) is 2.12. The lowest BCUT2D eigenvalue weighted by atomic mass is 10.1. The van der Waals surface area contributed by atoms with Gasteiger partial charge in [0.1, 0.15) is 0 Å². The molecule has 0 aliphatic rings. The third-order valence-electron chi connectivity index (χ3n) is 3.15. The van der Waals surface area contributed by atoms with Crippen molar-refractivity contribution in [2.45, 2.75) is 39.0 Å². The first-order valence-electron chi connectivity index (χ1n) is 6.70. The SMILES string of the molecule is C=C(O)CCCCCC(=O)N(C)c1ccc(C)cc1. The summed E-state index contributed by atoms with van der Waals surface area (Å²) in [6.45, 7) is 5.47. The zero-order valence-electron chi connectivity index (χ0n) is 11.9. The maximum absolute atomic E-state index is 12.0. The molecule has 104 valence electrons. The van der Waals surface area contributed by atoms with Crippen LogP contribution >= 0.6 is 0 Å². The third-order valence-corrected chi connectivity index (χ3v) is 3.15. The van der Waals surface area contributed by atoms with Crippen LogP contribution in [-0.4, -0.2) is 18.1 Å². The quantitative estimate of drug-likeness (QED) is 0.595. The fourth-order valence-corrected chi connectivity index (χ4v) is 1.86. The van der Waals surface area contributed by atoms with Crippen molar-refractivity contribution < 1.29 is 9.90 Å². The van der Waals surface area contributed by atoms with Gasteiger partial charge in [0.2, 0.25) is 5.91 Å². The Morgan fingerprint density at radius 3 is 2.32 bits per heavy atom. The minimum absolute atomic E-state index is 0.131. The van der Waals surface area contributed by atoms with Crippen LogP contribution in [0.15, 0.2) is 36.6 Å². The Morgan fingerprint density at radius 1 is 1.16 bits per heavy atom. The van der Waals surface area contributed by atoms with E-state index >= 15 is 0 Å². The molecular formula is C16H23NO2. The summed E-state index contributed by atoms with van der Waals surface area (Å²) >= 11 is 0. The van der Waals surface area contributed by atoms with Crippen LogP contribution in [0, 0.1) is 6.92 Å². The maximum atomic E-state index is 12.0. The fourth-order valence-electron chi connectivity index (χ4n) is 1.86. The topological polar surface area (TPSA) is 40.5 Å². The Hall–Kier alpha value is -1.77. The van der Waals surface area contributed by atoms with E-state index in [9.17, 15) is 4.79 Å². The Morgan fingerprint density at radius 2 is 1.74 bits per heavy atom. The molecule has 1 aromatic carbocycles. The van der Waals surface area contributed by atoms with Crippen molar-refractivity contribution >= 4 is 11.6 Å². The summed E-state index contributed by atoms with van der Waals surface area (Å²) < 4.78 is 0. The Bertz CT molecular complexity index is 423. The Kier molecular flexibility index (Phi) is 6.13. The summed E-state index contributed by atoms with van der Waals surface area (Å²) in [6, 6.07) is 7.93. The van der Waals surface area contributed by atoms with E-state index in [1.807, 2.05) is 38.2 Å². The molecule has 0 aromatic heterocycles. The van der Waals surface area contributed by atoms with Gasteiger partial charge in [-0.15, -0.1) is 0 Å². The molecule has 0 atom stereocenters. The van der Waals surface area contributed by atoms with Crippen molar-refractivity contribution in [2.75, 3.05) is 11.9 Å². The van der Waals surface area contributed by atoms with E-state index in [1.165, 1.54) is 5.56 Å². The molecule has 0 bridgehead atoms. The molecule has 0 unspecified atom stereocenters. The molecule has 0 saturated heterocycles. The van der Waals surface area contributed by atoms with Crippen LogP contribution in [0.2, 0.25) is 0 Å². The largest absolute Gasteiger partial charge is 0.513 e. The highest BCUT2D eigenvalue weighted by atomic mass is 16.3. The number of nitrogens with zero attached hydrogens (tertiary/aromatic N) is 1. The van der Waals surface area contributed by atoms with Crippen LogP contribution in [0.5, 0.6) is 0 Å². The van der Waals surface area contributed by atoms with E-state index in [1.54, 1.807) is 4.90 Å². The lowest BCUT2D eigenvalue weighted by Crippen LogP contribution is -2.25. The van der Waals surface area contributed by atoms with Gasteiger partial charge in [-0.25, -0.2) is 0 Å². The fraction of sp³-hybridized carbons (Fsp3) is 0.438. The summed E-state index contributed by atoms with van der Waals surface area (Å²) in [5, 5.41) is 8.95. The van der Waals surface area contributed by atoms with Gasteiger partial charge in [-0.1, -0.05) is 30.7 Å². The number of anilines is 1. The molecule has 19 heavy (non-hydrogen) atoms. The first-order valence-corrected chi connectivity index (χ1v) is 6.70. The van der Waals surface area contributed by atoms with Gasteiger partial charge < -0.3 is 10.0 Å². The molecule has 0 saturated carbocycles. The lowest BCUT2D eigenvalue weighted by molar-refractivity contribution is -0.118. The van der Waals surface area contributed by atoms with Crippen LogP contribution in [0.1, 0.15) is 37.7 Å². The zero-order valence-corrected chi connectivity index (χ0v) is 11.9. The van der Waals surface area contributed by atoms with Crippen LogP contribution in [-0.2, 0) is 4.79 Å². The van der Waals surface area contributed by atoms with Crippen LogP contribution in [0.3, 0.4) is 0 Å². The average molecular weight is 261 g/mol. The second-order valence-corrected chi connectivity index (χ2v) is 4.92. The van der Waals surface area contributed by atoms with Crippen LogP contribution < -0.4 is 4.90 Å². The zero-order chi connectivity index (χ0) is 14.3. The monoisotopic (exact) mass is 261 g/mol. The number of carbonyl (C=O) groups is 1. The highest BCUT2D eigenvalue weighted by Gasteiger charge is 2.09. The van der Waals surface area contributed by atoms with E-state index in [4.69, 9.17) is 5.11 Å². The lowest BCUT2D eigenvalue weighted by Gasteiger charge is -2.17. The number of hydrogen-bond acceptors (Lipinski definition) is 2. The summed E-state index contributed by atoms with van der Waals surface area (Å²) in [4.78, 5) is 13.7. The van der Waals surface area contributed by atoms with Crippen molar-refractivity contribution in [1.29, 1.82) is 0 Å². The number of amides is 1. The standard InChI is InChI=1S/C16H23NO2/c1-13-9-11-15(12-10-13)17(3)16(19)8-6-4-5-7-14(2)18/h9-12,18H,2,4-8H2,1,3H3. The maximum Gasteiger partial charge on any atom is 0.226 e. The molecule has 0 heterocycles. The molecule has 1 amide bonds. The van der Waals surface area contributed by atoms with Crippen molar-refractivity contribution in [2.24, 2.45) is 0 Å². The predicted molar refractivity (Wildman–Crippen MR) is 79.4 cm³/mol. The highest BCUT2D eigenvalue weighted by molar-refractivity contribution is 5.92. The smallest absolute Gasteiger partial charge is 0.226 e. The molecule has 0 radical (unpaired) electrons. The van der Waals surface area contributed by atoms with Crippen molar-refractivity contribution in [3.8, 4) is 0 Å². The van der Waals surface area contributed by atoms with Gasteiger partial charge in [0.15, 0.2) is 0 Å². The number of aliphatic hydroxyl groups excluding tert-OH is 1. The van der Waals surface area contributed by atoms with E-state index in [2.05, 4.69) is 6.58 Å². The number of unbranched alkanes of at least 4 members (excludes halogenated alkanes) is 2. The molecule has 1 N–H and O–H groups in total. The number of benzene rings is 1. The predicted octanol–water partition coefficient (Wildman–Crippen LogP) is 3.98. The molecule has 0 aliphatic heterocycles. The number of rotatable bonds is 7. The number of aryl methyl sites for hydroxylation is 1. The molecule has 1 rings (SSSR count). The normalized spacial score (nSPS) is 10.2. The van der Waals surface area contributed by atoms with Gasteiger partial charge >= 0.3 is 0 Å². The molecule has 3 heteroatoms. The summed E-state index contributed by atoms with van der Waals surface area (Å²) in [5.74, 6) is 0.356. The minimum Gasteiger partial charge on any atom is -0.513 e. The van der Waals surface area contributed by atoms with Gasteiger partial charge in [-0.2, -0.15) is 0 Å². The van der Waals surface area contributed by atoms with Gasteiger partial charge in [-0.05, 0) is 31.9 Å². The van der Waals surface area contributed by atoms with Crippen molar-refractivity contribution in [3.05, 3.63) is 42.2 Å². The van der Waals surface area contributed by atoms with E-state index in [0.29, 0.717) is 12.8 Å². The number of hydrogen-bond donors (Lipinski definition) is 1. The summed E-state index contributed by atoms with van der Waals surface area (Å²) in [6.07, 6.45) is 3.84. The van der Waals surface area contributed by atoms with E-state index in [0.717, 1.165) is 24.9 Å². The number of aliphatic hydroxyl groups is 1. The molecule has 3 nitrogen and oxygen atoms in total. The molecule has 0 fully saturated rings. The van der Waals surface area contributed by atoms with Crippen LogP contribution in [0.4, 0.5) is 5.69 Å². The molecule has 0 aliphatic carbocycles. The van der Waals surface area contributed by atoms with Crippen LogP contribution in [0.25, 0.3) is 0 Å². The van der Waals surface area contributed by atoms with Gasteiger partial charge in [-0.3, -0.25) is 4.79 Å². The van der Waals surface area contributed by atoms with Gasteiger partial charge in [0.25, 0.3) is 0 Å². The minimum atomic E-state index is 0.131. The molecule has 0 spiro atoms. The van der Waals surface area contributed by atoms with Crippen molar-refractivity contribution in [1.82, 2.24) is 0 Å². The van der Waals surface area contributed by atoms with Gasteiger partial charge in [0.05, 0.1) is 5.76 Å². The second-order valence-electron chi connectivity index (χ2n) is 4.92. The third kappa shape index (κ3) is 5.60. The number of carbonyl (C=O) groups excluding carboxylic acids is 1. The molecule has 1 aromatic rings. The Labute approximate surface area is 115 Å². The summed E-state index contributed by atoms with van der Waals surface area (Å²) in [7, 11) is 1.81. The van der Waals surface area contributed by atoms with E-state index in [-0.39, 0.29) is 11.7 Å². The number of allylic oxidation sites excluding steroid dienone is 1. The molecular weight excluding hydrogens is 238 g/mol. The average Bonchev–Trinajstić information content (AvgIpc) is 2.37. The van der Waals surface area contributed by atoms with Crippen molar-refractivity contribution in [3.63, 3.8) is 0 Å². The second kappa shape index (κ2) is 7.62. The van der Waals surface area contributed by atoms with E-state index < -0.39 is 0 Å². The Balaban J connectivity index is 2.32. The van der Waals surface area contributed by atoms with Gasteiger partial charge in [0, 0.05) is 25.6 Å². The highest BCUT2D eigenvalue weighted by Crippen LogP contribution is 2.15. The first-order chi connectivity index (χ1) is 9.00. The first kappa shape index (κ1) is 15.3.